The number of hydrogen-bond donors (Lipinski definition) is 1. The molecule has 1 N–H and O–H groups in total. The van der Waals surface area contributed by atoms with Crippen LogP contribution >= 0.6 is 0 Å². The second-order valence-corrected chi connectivity index (χ2v) is 4.34. The summed E-state index contributed by atoms with van der Waals surface area (Å²) >= 11 is 0. The van der Waals surface area contributed by atoms with Gasteiger partial charge in [0, 0.05) is 6.61 Å². The molecule has 1 heterocycles. The minimum absolute atomic E-state index is 0.0250. The third-order valence-electron chi connectivity index (χ3n) is 2.87. The van der Waals surface area contributed by atoms with Gasteiger partial charge in [0.05, 0.1) is 5.56 Å². The lowest BCUT2D eigenvalue weighted by Gasteiger charge is -2.28. The van der Waals surface area contributed by atoms with Gasteiger partial charge in [-0.25, -0.2) is 4.79 Å². The summed E-state index contributed by atoms with van der Waals surface area (Å²) in [4.78, 5) is 11.8. The Labute approximate surface area is 117 Å². The zero-order chi connectivity index (χ0) is 14.4. The van der Waals surface area contributed by atoms with E-state index in [0.29, 0.717) is 12.2 Å². The van der Waals surface area contributed by atoms with E-state index in [9.17, 15) is 9.90 Å². The normalized spacial score (nSPS) is 25.4. The summed E-state index contributed by atoms with van der Waals surface area (Å²) < 4.78 is 15.9. The fraction of sp³-hybridized carbons (Fsp3) is 0.400. The number of carbonyl (C=O) groups is 1. The number of aliphatic hydroxyl groups excluding tert-OH is 1. The quantitative estimate of drug-likeness (QED) is 0.653. The Morgan fingerprint density at radius 3 is 2.75 bits per heavy atom. The maximum absolute atomic E-state index is 11.8. The first kappa shape index (κ1) is 14.7. The van der Waals surface area contributed by atoms with Crippen LogP contribution in [0.15, 0.2) is 42.5 Å². The summed E-state index contributed by atoms with van der Waals surface area (Å²) in [6.07, 6.45) is 1.29. The van der Waals surface area contributed by atoms with Crippen molar-refractivity contribution < 1.29 is 24.1 Å². The summed E-state index contributed by atoms with van der Waals surface area (Å²) in [5.41, 5.74) is 0.467. The van der Waals surface area contributed by atoms with Gasteiger partial charge in [-0.1, -0.05) is 24.3 Å². The van der Waals surface area contributed by atoms with Gasteiger partial charge in [-0.2, -0.15) is 0 Å². The van der Waals surface area contributed by atoms with E-state index in [1.807, 2.05) is 13.0 Å². The van der Waals surface area contributed by atoms with Gasteiger partial charge < -0.3 is 19.3 Å². The molecular formula is C15H18O5. The van der Waals surface area contributed by atoms with Crippen molar-refractivity contribution in [3.05, 3.63) is 48.0 Å². The molecule has 3 atom stereocenters. The second-order valence-electron chi connectivity index (χ2n) is 4.34. The van der Waals surface area contributed by atoms with Crippen LogP contribution in [-0.4, -0.2) is 42.8 Å². The third kappa shape index (κ3) is 3.90. The smallest absolute Gasteiger partial charge is 0.338 e. The fourth-order valence-corrected chi connectivity index (χ4v) is 1.84. The lowest BCUT2D eigenvalue weighted by atomic mass is 10.1. The van der Waals surface area contributed by atoms with E-state index in [1.165, 1.54) is 0 Å². The molecule has 0 saturated heterocycles. The molecule has 0 spiro atoms. The Morgan fingerprint density at radius 2 is 2.05 bits per heavy atom. The third-order valence-corrected chi connectivity index (χ3v) is 2.87. The van der Waals surface area contributed by atoms with Crippen LogP contribution in [0.2, 0.25) is 0 Å². The summed E-state index contributed by atoms with van der Waals surface area (Å²) in [6.45, 7) is 2.33. The van der Waals surface area contributed by atoms with Gasteiger partial charge in [-0.05, 0) is 25.1 Å². The van der Waals surface area contributed by atoms with Crippen molar-refractivity contribution in [2.45, 2.75) is 25.4 Å². The van der Waals surface area contributed by atoms with Gasteiger partial charge in [0.15, 0.2) is 6.29 Å². The van der Waals surface area contributed by atoms with Crippen molar-refractivity contribution in [1.29, 1.82) is 0 Å². The van der Waals surface area contributed by atoms with Crippen LogP contribution in [0.25, 0.3) is 0 Å². The van der Waals surface area contributed by atoms with E-state index < -0.39 is 24.5 Å². The molecule has 0 amide bonds. The number of aliphatic hydroxyl groups is 1. The molecule has 5 heteroatoms. The summed E-state index contributed by atoms with van der Waals surface area (Å²) in [6, 6.07) is 8.68. The van der Waals surface area contributed by atoms with E-state index in [-0.39, 0.29) is 6.61 Å². The van der Waals surface area contributed by atoms with Crippen LogP contribution in [0, 0.1) is 0 Å². The first-order chi connectivity index (χ1) is 9.70. The molecule has 0 saturated carbocycles. The number of hydrogen-bond acceptors (Lipinski definition) is 5. The first-order valence-electron chi connectivity index (χ1n) is 6.56. The molecule has 0 fully saturated rings. The van der Waals surface area contributed by atoms with E-state index >= 15 is 0 Å². The standard InChI is InChI=1S/C15H18O5/c1-2-18-14-9-8-12(16)13(20-14)10-19-15(17)11-6-4-3-5-7-11/h3-9,12-14,16H,2,10H2,1H3/t12-,13-,14+/m0/s1. The molecule has 2 rings (SSSR count). The Balaban J connectivity index is 1.87. The maximum atomic E-state index is 11.8. The summed E-state index contributed by atoms with van der Waals surface area (Å²) in [5.74, 6) is -0.441. The highest BCUT2D eigenvalue weighted by Gasteiger charge is 2.27. The van der Waals surface area contributed by atoms with Crippen molar-refractivity contribution in [3.63, 3.8) is 0 Å². The highest BCUT2D eigenvalue weighted by molar-refractivity contribution is 5.89. The van der Waals surface area contributed by atoms with Crippen LogP contribution in [0.3, 0.4) is 0 Å². The number of rotatable bonds is 5. The molecule has 0 bridgehead atoms. The molecule has 1 aromatic rings. The molecule has 5 nitrogen and oxygen atoms in total. The highest BCUT2D eigenvalue weighted by Crippen LogP contribution is 2.15. The van der Waals surface area contributed by atoms with Gasteiger partial charge in [0.25, 0.3) is 0 Å². The van der Waals surface area contributed by atoms with Crippen molar-refractivity contribution in [2.75, 3.05) is 13.2 Å². The van der Waals surface area contributed by atoms with Crippen molar-refractivity contribution in [1.82, 2.24) is 0 Å². The van der Waals surface area contributed by atoms with Crippen molar-refractivity contribution >= 4 is 5.97 Å². The zero-order valence-corrected chi connectivity index (χ0v) is 11.3. The summed E-state index contributed by atoms with van der Waals surface area (Å²) in [5, 5.41) is 9.78. The van der Waals surface area contributed by atoms with E-state index in [1.54, 1.807) is 36.4 Å². The Bertz CT molecular complexity index is 457. The average Bonchev–Trinajstić information content (AvgIpc) is 2.48. The van der Waals surface area contributed by atoms with Gasteiger partial charge in [-0.3, -0.25) is 0 Å². The van der Waals surface area contributed by atoms with Crippen LogP contribution in [0.1, 0.15) is 17.3 Å². The van der Waals surface area contributed by atoms with Gasteiger partial charge in [0.1, 0.15) is 18.8 Å². The molecule has 108 valence electrons. The largest absolute Gasteiger partial charge is 0.459 e. The average molecular weight is 278 g/mol. The van der Waals surface area contributed by atoms with Crippen molar-refractivity contribution in [2.24, 2.45) is 0 Å². The lowest BCUT2D eigenvalue weighted by molar-refractivity contribution is -0.178. The maximum Gasteiger partial charge on any atom is 0.338 e. The minimum Gasteiger partial charge on any atom is -0.459 e. The molecule has 20 heavy (non-hydrogen) atoms. The Kier molecular flexibility index (Phi) is 5.29. The molecule has 0 radical (unpaired) electrons. The monoisotopic (exact) mass is 278 g/mol. The van der Waals surface area contributed by atoms with Crippen LogP contribution in [-0.2, 0) is 14.2 Å². The van der Waals surface area contributed by atoms with Crippen LogP contribution < -0.4 is 0 Å². The second kappa shape index (κ2) is 7.19. The number of ether oxygens (including phenoxy) is 3. The molecule has 1 aliphatic heterocycles. The topological polar surface area (TPSA) is 65.0 Å². The highest BCUT2D eigenvalue weighted by atomic mass is 16.7. The Hall–Kier alpha value is -1.69. The molecule has 0 aromatic heterocycles. The van der Waals surface area contributed by atoms with E-state index in [0.717, 1.165) is 0 Å². The predicted octanol–water partition coefficient (Wildman–Crippen LogP) is 1.52. The lowest BCUT2D eigenvalue weighted by Crippen LogP contribution is -2.40. The molecule has 0 aliphatic carbocycles. The number of esters is 1. The predicted molar refractivity (Wildman–Crippen MR) is 72.2 cm³/mol. The molecule has 1 aliphatic rings. The minimum atomic E-state index is -0.810. The van der Waals surface area contributed by atoms with E-state index in [4.69, 9.17) is 14.2 Å². The molecule has 0 unspecified atom stereocenters. The first-order valence-corrected chi connectivity index (χ1v) is 6.56. The number of carbonyl (C=O) groups excluding carboxylic acids is 1. The number of benzene rings is 1. The van der Waals surface area contributed by atoms with Gasteiger partial charge >= 0.3 is 5.97 Å². The zero-order valence-electron chi connectivity index (χ0n) is 11.3. The molecular weight excluding hydrogens is 260 g/mol. The summed E-state index contributed by atoms with van der Waals surface area (Å²) in [7, 11) is 0. The van der Waals surface area contributed by atoms with E-state index in [2.05, 4.69) is 0 Å². The fourth-order valence-electron chi connectivity index (χ4n) is 1.84. The van der Waals surface area contributed by atoms with Crippen LogP contribution in [0.4, 0.5) is 0 Å². The van der Waals surface area contributed by atoms with Crippen molar-refractivity contribution in [3.8, 4) is 0 Å². The van der Waals surface area contributed by atoms with Gasteiger partial charge in [-0.15, -0.1) is 0 Å². The Morgan fingerprint density at radius 1 is 1.30 bits per heavy atom. The molecule has 1 aromatic carbocycles. The van der Waals surface area contributed by atoms with Crippen LogP contribution in [0.5, 0.6) is 0 Å². The SMILES string of the molecule is CCO[C@H]1C=C[C@H](O)[C@H](COC(=O)c2ccccc2)O1. The van der Waals surface area contributed by atoms with Gasteiger partial charge in [0.2, 0.25) is 0 Å².